The minimum atomic E-state index is -0.642. The molecule has 0 aliphatic carbocycles. The molecule has 0 aliphatic rings. The molecule has 2 aromatic carbocycles. The minimum absolute atomic E-state index is 0.181. The van der Waals surface area contributed by atoms with Gasteiger partial charge in [0.25, 0.3) is 5.91 Å². The molecule has 0 spiro atoms. The predicted molar refractivity (Wildman–Crippen MR) is 89.1 cm³/mol. The molecule has 0 saturated heterocycles. The largest absolute Gasteiger partial charge is 0.481 e. The first-order chi connectivity index (χ1) is 11.1. The van der Waals surface area contributed by atoms with Gasteiger partial charge in [0.2, 0.25) is 0 Å². The number of methoxy groups -OCH3 is 1. The quantitative estimate of drug-likeness (QED) is 0.783. The van der Waals surface area contributed by atoms with Crippen LogP contribution in [0.25, 0.3) is 0 Å². The molecular formula is C17H18ClNO4. The highest BCUT2D eigenvalue weighted by molar-refractivity contribution is 6.30. The predicted octanol–water partition coefficient (Wildman–Crippen LogP) is 3.73. The van der Waals surface area contributed by atoms with E-state index in [1.54, 1.807) is 62.6 Å². The summed E-state index contributed by atoms with van der Waals surface area (Å²) in [6.07, 6.45) is -0.642. The van der Waals surface area contributed by atoms with E-state index in [2.05, 4.69) is 5.32 Å². The lowest BCUT2D eigenvalue weighted by Gasteiger charge is -2.15. The lowest BCUT2D eigenvalue weighted by Crippen LogP contribution is -2.30. The summed E-state index contributed by atoms with van der Waals surface area (Å²) in [4.78, 5) is 12.1. The van der Waals surface area contributed by atoms with Gasteiger partial charge in [0.05, 0.1) is 0 Å². The Morgan fingerprint density at radius 2 is 1.70 bits per heavy atom. The Bertz CT molecular complexity index is 628. The number of halogens is 1. The van der Waals surface area contributed by atoms with Crippen LogP contribution in [-0.4, -0.2) is 25.9 Å². The van der Waals surface area contributed by atoms with Crippen LogP contribution in [0.2, 0.25) is 5.02 Å². The van der Waals surface area contributed by atoms with Crippen LogP contribution in [0.1, 0.15) is 6.92 Å². The molecule has 0 aliphatic heterocycles. The van der Waals surface area contributed by atoms with Gasteiger partial charge in [-0.05, 0) is 55.5 Å². The Kier molecular flexibility index (Phi) is 6.26. The topological polar surface area (TPSA) is 56.8 Å². The summed E-state index contributed by atoms with van der Waals surface area (Å²) in [6, 6.07) is 13.8. The smallest absolute Gasteiger partial charge is 0.265 e. The number of benzene rings is 2. The van der Waals surface area contributed by atoms with Gasteiger partial charge in [0.15, 0.2) is 12.9 Å². The summed E-state index contributed by atoms with van der Waals surface area (Å²) in [7, 11) is 1.55. The maximum Gasteiger partial charge on any atom is 0.265 e. The van der Waals surface area contributed by atoms with Gasteiger partial charge in [0.1, 0.15) is 11.5 Å². The van der Waals surface area contributed by atoms with Gasteiger partial charge in [-0.15, -0.1) is 0 Å². The molecule has 2 aromatic rings. The average molecular weight is 336 g/mol. The first-order valence-corrected chi connectivity index (χ1v) is 7.41. The van der Waals surface area contributed by atoms with E-state index in [-0.39, 0.29) is 12.7 Å². The van der Waals surface area contributed by atoms with Crippen molar-refractivity contribution in [3.8, 4) is 11.5 Å². The van der Waals surface area contributed by atoms with Gasteiger partial charge in [-0.3, -0.25) is 4.79 Å². The van der Waals surface area contributed by atoms with Crippen molar-refractivity contribution in [3.63, 3.8) is 0 Å². The third-order valence-corrected chi connectivity index (χ3v) is 3.21. The van der Waals surface area contributed by atoms with Crippen LogP contribution in [-0.2, 0) is 9.53 Å². The normalized spacial score (nSPS) is 11.6. The zero-order valence-corrected chi connectivity index (χ0v) is 13.7. The molecule has 1 amide bonds. The van der Waals surface area contributed by atoms with Gasteiger partial charge in [-0.25, -0.2) is 0 Å². The van der Waals surface area contributed by atoms with E-state index in [0.717, 1.165) is 0 Å². The molecule has 122 valence electrons. The zero-order valence-electron chi connectivity index (χ0n) is 12.9. The van der Waals surface area contributed by atoms with E-state index >= 15 is 0 Å². The Balaban J connectivity index is 1.88. The molecule has 0 radical (unpaired) electrons. The number of rotatable bonds is 7. The van der Waals surface area contributed by atoms with Crippen molar-refractivity contribution >= 4 is 23.2 Å². The van der Waals surface area contributed by atoms with Crippen molar-refractivity contribution in [2.24, 2.45) is 0 Å². The highest BCUT2D eigenvalue weighted by atomic mass is 35.5. The Hall–Kier alpha value is -2.24. The molecule has 0 heterocycles. The van der Waals surface area contributed by atoms with Gasteiger partial charge < -0.3 is 19.5 Å². The van der Waals surface area contributed by atoms with Crippen LogP contribution < -0.4 is 14.8 Å². The van der Waals surface area contributed by atoms with Crippen LogP contribution in [0.3, 0.4) is 0 Å². The molecule has 1 atom stereocenters. The maximum absolute atomic E-state index is 12.1. The van der Waals surface area contributed by atoms with Gasteiger partial charge in [-0.1, -0.05) is 11.6 Å². The summed E-state index contributed by atoms with van der Waals surface area (Å²) in [6.45, 7) is 1.86. The van der Waals surface area contributed by atoms with Crippen LogP contribution >= 0.6 is 11.6 Å². The number of anilines is 1. The zero-order chi connectivity index (χ0) is 16.7. The number of amides is 1. The third-order valence-electron chi connectivity index (χ3n) is 2.96. The van der Waals surface area contributed by atoms with Crippen molar-refractivity contribution in [1.29, 1.82) is 0 Å². The van der Waals surface area contributed by atoms with Crippen molar-refractivity contribution in [2.75, 3.05) is 19.2 Å². The van der Waals surface area contributed by atoms with Crippen molar-refractivity contribution in [2.45, 2.75) is 13.0 Å². The Labute approximate surface area is 140 Å². The monoisotopic (exact) mass is 335 g/mol. The second-order valence-electron chi connectivity index (χ2n) is 4.78. The van der Waals surface area contributed by atoms with Crippen LogP contribution in [0.4, 0.5) is 5.69 Å². The number of ether oxygens (including phenoxy) is 3. The molecule has 0 fully saturated rings. The fraction of sp³-hybridized carbons (Fsp3) is 0.235. The third kappa shape index (κ3) is 5.47. The Morgan fingerprint density at radius 3 is 2.30 bits per heavy atom. The van der Waals surface area contributed by atoms with Crippen LogP contribution in [0, 0.1) is 0 Å². The molecular weight excluding hydrogens is 318 g/mol. The van der Waals surface area contributed by atoms with Crippen LogP contribution in [0.15, 0.2) is 48.5 Å². The molecule has 1 N–H and O–H groups in total. The number of carbonyl (C=O) groups excluding carboxylic acids is 1. The number of carbonyl (C=O) groups is 1. The fourth-order valence-corrected chi connectivity index (χ4v) is 1.90. The van der Waals surface area contributed by atoms with Crippen molar-refractivity contribution in [1.82, 2.24) is 0 Å². The highest BCUT2D eigenvalue weighted by Gasteiger charge is 2.14. The van der Waals surface area contributed by atoms with E-state index in [9.17, 15) is 4.79 Å². The SMILES string of the molecule is COCOc1ccc(OC(C)C(=O)Nc2ccc(Cl)cc2)cc1. The lowest BCUT2D eigenvalue weighted by atomic mass is 10.3. The van der Waals surface area contributed by atoms with Crippen molar-refractivity contribution in [3.05, 3.63) is 53.6 Å². The molecule has 0 bridgehead atoms. The summed E-state index contributed by atoms with van der Waals surface area (Å²) in [5.74, 6) is 0.998. The molecule has 0 saturated carbocycles. The molecule has 23 heavy (non-hydrogen) atoms. The first-order valence-electron chi connectivity index (χ1n) is 7.03. The summed E-state index contributed by atoms with van der Waals surface area (Å²) in [5, 5.41) is 3.38. The molecule has 5 nitrogen and oxygen atoms in total. The van der Waals surface area contributed by atoms with E-state index in [4.69, 9.17) is 25.8 Å². The average Bonchev–Trinajstić information content (AvgIpc) is 2.56. The fourth-order valence-electron chi connectivity index (χ4n) is 1.78. The summed E-state index contributed by atoms with van der Waals surface area (Å²) in [5.41, 5.74) is 0.665. The van der Waals surface area contributed by atoms with E-state index < -0.39 is 6.10 Å². The molecule has 1 unspecified atom stereocenters. The minimum Gasteiger partial charge on any atom is -0.481 e. The van der Waals surface area contributed by atoms with E-state index in [1.165, 1.54) is 0 Å². The second kappa shape index (κ2) is 8.41. The standard InChI is InChI=1S/C17H18ClNO4/c1-12(17(20)19-14-5-3-13(18)4-6-14)23-16-9-7-15(8-10-16)22-11-21-2/h3-10,12H,11H2,1-2H3,(H,19,20). The number of hydrogen-bond acceptors (Lipinski definition) is 4. The van der Waals surface area contributed by atoms with Gasteiger partial charge in [0, 0.05) is 17.8 Å². The molecule has 6 heteroatoms. The summed E-state index contributed by atoms with van der Waals surface area (Å²) < 4.78 is 15.7. The summed E-state index contributed by atoms with van der Waals surface area (Å²) >= 11 is 5.81. The highest BCUT2D eigenvalue weighted by Crippen LogP contribution is 2.19. The van der Waals surface area contributed by atoms with Crippen molar-refractivity contribution < 1.29 is 19.0 Å². The van der Waals surface area contributed by atoms with E-state index in [1.807, 2.05) is 0 Å². The second-order valence-corrected chi connectivity index (χ2v) is 5.21. The number of hydrogen-bond donors (Lipinski definition) is 1. The number of nitrogens with one attached hydrogen (secondary N) is 1. The molecule has 2 rings (SSSR count). The van der Waals surface area contributed by atoms with Gasteiger partial charge in [-0.2, -0.15) is 0 Å². The first kappa shape index (κ1) is 17.1. The van der Waals surface area contributed by atoms with E-state index in [0.29, 0.717) is 22.2 Å². The van der Waals surface area contributed by atoms with Crippen LogP contribution in [0.5, 0.6) is 11.5 Å². The van der Waals surface area contributed by atoms with Gasteiger partial charge >= 0.3 is 0 Å². The lowest BCUT2D eigenvalue weighted by molar-refractivity contribution is -0.122. The Morgan fingerprint density at radius 1 is 1.09 bits per heavy atom. The maximum atomic E-state index is 12.1. The molecule has 0 aromatic heterocycles.